The molecule has 0 saturated heterocycles. The number of hydrogen-bond acceptors (Lipinski definition) is 5. The third-order valence-corrected chi connectivity index (χ3v) is 3.80. The second-order valence-electron chi connectivity index (χ2n) is 5.16. The van der Waals surface area contributed by atoms with Crippen LogP contribution in [-0.2, 0) is 12.8 Å². The average molecular weight is 286 g/mol. The van der Waals surface area contributed by atoms with Gasteiger partial charge in [-0.3, -0.25) is 4.79 Å². The third-order valence-electron chi connectivity index (χ3n) is 3.80. The van der Waals surface area contributed by atoms with Gasteiger partial charge in [-0.05, 0) is 31.4 Å². The lowest BCUT2D eigenvalue weighted by molar-refractivity contribution is 0.101. The summed E-state index contributed by atoms with van der Waals surface area (Å²) in [6, 6.07) is 5.29. The van der Waals surface area contributed by atoms with Crippen molar-refractivity contribution in [1.82, 2.24) is 5.16 Å². The summed E-state index contributed by atoms with van der Waals surface area (Å²) in [5.74, 6) is 1.92. The first kappa shape index (κ1) is 12.3. The number of hydrogen-bond donors (Lipinski definition) is 1. The Bertz CT molecular complexity index is 708. The van der Waals surface area contributed by atoms with Gasteiger partial charge in [0.1, 0.15) is 5.76 Å². The van der Waals surface area contributed by atoms with Crippen molar-refractivity contribution >= 4 is 11.6 Å². The largest absolute Gasteiger partial charge is 0.454 e. The Morgan fingerprint density at radius 1 is 1.14 bits per heavy atom. The van der Waals surface area contributed by atoms with Crippen LogP contribution in [0.3, 0.4) is 0 Å². The second kappa shape index (κ2) is 4.80. The molecule has 1 N–H and O–H groups in total. The molecule has 0 fully saturated rings. The molecule has 4 rings (SSSR count). The number of carbonyl (C=O) groups is 1. The number of nitrogens with one attached hydrogen (secondary N) is 1. The molecule has 0 atom stereocenters. The van der Waals surface area contributed by atoms with Crippen LogP contribution in [0.25, 0.3) is 0 Å². The van der Waals surface area contributed by atoms with Gasteiger partial charge in [0.25, 0.3) is 5.91 Å². The second-order valence-corrected chi connectivity index (χ2v) is 5.16. The highest BCUT2D eigenvalue weighted by Crippen LogP contribution is 2.34. The van der Waals surface area contributed by atoms with E-state index in [2.05, 4.69) is 10.5 Å². The van der Waals surface area contributed by atoms with Crippen molar-refractivity contribution < 1.29 is 18.8 Å². The Morgan fingerprint density at radius 2 is 2.00 bits per heavy atom. The lowest BCUT2D eigenvalue weighted by atomic mass is 9.96. The number of amides is 1. The van der Waals surface area contributed by atoms with Crippen LogP contribution in [0.15, 0.2) is 22.7 Å². The number of rotatable bonds is 2. The fourth-order valence-electron chi connectivity index (χ4n) is 2.73. The third kappa shape index (κ3) is 2.12. The lowest BCUT2D eigenvalue weighted by Gasteiger charge is -2.09. The summed E-state index contributed by atoms with van der Waals surface area (Å²) >= 11 is 0. The maximum Gasteiger partial charge on any atom is 0.278 e. The molecule has 2 heterocycles. The standard InChI is InChI=1S/C15H14N2O4/c18-15(14-10-3-1-2-4-11(10)21-17-14)16-9-5-6-12-13(7-9)20-8-19-12/h5-7H,1-4,8H2,(H,16,18). The molecule has 0 radical (unpaired) electrons. The van der Waals surface area contributed by atoms with Crippen LogP contribution in [-0.4, -0.2) is 17.9 Å². The topological polar surface area (TPSA) is 73.6 Å². The molecule has 0 spiro atoms. The van der Waals surface area contributed by atoms with Gasteiger partial charge >= 0.3 is 0 Å². The van der Waals surface area contributed by atoms with E-state index >= 15 is 0 Å². The Balaban J connectivity index is 1.57. The van der Waals surface area contributed by atoms with E-state index in [9.17, 15) is 4.79 Å². The van der Waals surface area contributed by atoms with Gasteiger partial charge in [0.2, 0.25) is 6.79 Å². The van der Waals surface area contributed by atoms with Gasteiger partial charge in [-0.15, -0.1) is 0 Å². The summed E-state index contributed by atoms with van der Waals surface area (Å²) in [5.41, 5.74) is 1.98. The maximum atomic E-state index is 12.3. The Kier molecular flexibility index (Phi) is 2.80. The predicted octanol–water partition coefficient (Wildman–Crippen LogP) is 2.53. The first-order chi connectivity index (χ1) is 10.3. The van der Waals surface area contributed by atoms with Gasteiger partial charge in [-0.2, -0.15) is 0 Å². The minimum Gasteiger partial charge on any atom is -0.454 e. The summed E-state index contributed by atoms with van der Waals surface area (Å²) in [6.45, 7) is 0.212. The molecule has 108 valence electrons. The monoisotopic (exact) mass is 286 g/mol. The van der Waals surface area contributed by atoms with Crippen LogP contribution >= 0.6 is 0 Å². The number of aromatic nitrogens is 1. The molecule has 0 unspecified atom stereocenters. The number of carbonyl (C=O) groups excluding carboxylic acids is 1. The number of benzene rings is 1. The van der Waals surface area contributed by atoms with E-state index in [0.717, 1.165) is 37.0 Å². The van der Waals surface area contributed by atoms with Crippen molar-refractivity contribution in [3.63, 3.8) is 0 Å². The summed E-state index contributed by atoms with van der Waals surface area (Å²) in [6.07, 6.45) is 3.87. The smallest absolute Gasteiger partial charge is 0.278 e. The minimum absolute atomic E-state index is 0.212. The van der Waals surface area contributed by atoms with E-state index in [4.69, 9.17) is 14.0 Å². The van der Waals surface area contributed by atoms with Crippen LogP contribution < -0.4 is 14.8 Å². The van der Waals surface area contributed by atoms with E-state index < -0.39 is 0 Å². The van der Waals surface area contributed by atoms with E-state index in [1.54, 1.807) is 18.2 Å². The van der Waals surface area contributed by atoms with Gasteiger partial charge in [0.15, 0.2) is 17.2 Å². The maximum absolute atomic E-state index is 12.3. The zero-order chi connectivity index (χ0) is 14.2. The molecule has 6 nitrogen and oxygen atoms in total. The highest BCUT2D eigenvalue weighted by Gasteiger charge is 2.24. The molecular formula is C15H14N2O4. The molecule has 21 heavy (non-hydrogen) atoms. The first-order valence-electron chi connectivity index (χ1n) is 7.00. The molecular weight excluding hydrogens is 272 g/mol. The summed E-state index contributed by atoms with van der Waals surface area (Å²) < 4.78 is 15.8. The molecule has 1 aromatic carbocycles. The zero-order valence-electron chi connectivity index (χ0n) is 11.3. The Labute approximate surface area is 121 Å². The van der Waals surface area contributed by atoms with Crippen molar-refractivity contribution in [2.45, 2.75) is 25.7 Å². The number of aryl methyl sites for hydroxylation is 1. The van der Waals surface area contributed by atoms with Crippen molar-refractivity contribution in [3.8, 4) is 11.5 Å². The van der Waals surface area contributed by atoms with E-state index in [1.165, 1.54) is 0 Å². The lowest BCUT2D eigenvalue weighted by Crippen LogP contribution is -2.15. The van der Waals surface area contributed by atoms with E-state index in [0.29, 0.717) is 22.9 Å². The van der Waals surface area contributed by atoms with Gasteiger partial charge in [0, 0.05) is 23.7 Å². The van der Waals surface area contributed by atoms with Crippen LogP contribution in [0, 0.1) is 0 Å². The highest BCUT2D eigenvalue weighted by molar-refractivity contribution is 6.04. The van der Waals surface area contributed by atoms with Gasteiger partial charge in [-0.1, -0.05) is 5.16 Å². The van der Waals surface area contributed by atoms with Crippen LogP contribution in [0.1, 0.15) is 34.7 Å². The minimum atomic E-state index is -0.249. The van der Waals surface area contributed by atoms with Gasteiger partial charge in [-0.25, -0.2) is 0 Å². The summed E-state index contributed by atoms with van der Waals surface area (Å²) in [7, 11) is 0. The molecule has 2 aromatic rings. The van der Waals surface area contributed by atoms with Crippen molar-refractivity contribution in [1.29, 1.82) is 0 Å². The van der Waals surface area contributed by atoms with Crippen molar-refractivity contribution in [2.24, 2.45) is 0 Å². The predicted molar refractivity (Wildman–Crippen MR) is 73.7 cm³/mol. The normalized spacial score (nSPS) is 15.6. The quantitative estimate of drug-likeness (QED) is 0.918. The van der Waals surface area contributed by atoms with Crippen molar-refractivity contribution in [3.05, 3.63) is 35.2 Å². The molecule has 0 bridgehead atoms. The molecule has 1 aliphatic heterocycles. The van der Waals surface area contributed by atoms with Crippen molar-refractivity contribution in [2.75, 3.05) is 12.1 Å². The molecule has 2 aliphatic rings. The Morgan fingerprint density at radius 3 is 2.95 bits per heavy atom. The number of anilines is 1. The number of nitrogens with zero attached hydrogens (tertiary/aromatic N) is 1. The van der Waals surface area contributed by atoms with Gasteiger partial charge in [0.05, 0.1) is 0 Å². The zero-order valence-corrected chi connectivity index (χ0v) is 11.3. The summed E-state index contributed by atoms with van der Waals surface area (Å²) in [4.78, 5) is 12.3. The fraction of sp³-hybridized carbons (Fsp3) is 0.333. The highest BCUT2D eigenvalue weighted by atomic mass is 16.7. The van der Waals surface area contributed by atoms with E-state index in [1.807, 2.05) is 0 Å². The van der Waals surface area contributed by atoms with Crippen LogP contribution in [0.5, 0.6) is 11.5 Å². The molecule has 1 aromatic heterocycles. The average Bonchev–Trinajstić information content (AvgIpc) is 3.13. The fourth-order valence-corrected chi connectivity index (χ4v) is 2.73. The SMILES string of the molecule is O=C(Nc1ccc2c(c1)OCO2)c1noc2c1CCCC2. The van der Waals surface area contributed by atoms with E-state index in [-0.39, 0.29) is 12.7 Å². The van der Waals surface area contributed by atoms with Gasteiger partial charge < -0.3 is 19.3 Å². The van der Waals surface area contributed by atoms with Crippen LogP contribution in [0.4, 0.5) is 5.69 Å². The molecule has 6 heteroatoms. The summed E-state index contributed by atoms with van der Waals surface area (Å²) in [5, 5.41) is 6.75. The van der Waals surface area contributed by atoms with Crippen LogP contribution in [0.2, 0.25) is 0 Å². The molecule has 0 saturated carbocycles. The number of ether oxygens (including phenoxy) is 2. The molecule has 1 aliphatic carbocycles. The molecule has 1 amide bonds. The first-order valence-corrected chi connectivity index (χ1v) is 7.00. The number of fused-ring (bicyclic) bond motifs is 2. The Hall–Kier alpha value is -2.50.